The number of rotatable bonds is 11. The number of sulfone groups is 1. The number of fused-ring (bicyclic) bond motifs is 2. The van der Waals surface area contributed by atoms with Gasteiger partial charge in [-0.05, 0) is 61.4 Å². The van der Waals surface area contributed by atoms with Crippen LogP contribution in [-0.4, -0.2) is 73.5 Å². The van der Waals surface area contributed by atoms with Gasteiger partial charge in [-0.3, -0.25) is 14.0 Å². The van der Waals surface area contributed by atoms with Crippen molar-refractivity contribution in [2.24, 2.45) is 0 Å². The van der Waals surface area contributed by atoms with Crippen molar-refractivity contribution in [3.63, 3.8) is 0 Å². The molecule has 250 valence electrons. The highest BCUT2D eigenvalue weighted by Gasteiger charge is 2.18. The molecule has 2 heterocycles. The number of benzene rings is 3. The molecule has 2 aromatic heterocycles. The third-order valence-electron chi connectivity index (χ3n) is 7.52. The number of aromatic amines is 1. The predicted molar refractivity (Wildman–Crippen MR) is 183 cm³/mol. The summed E-state index contributed by atoms with van der Waals surface area (Å²) in [6.07, 6.45) is 2.85. The highest BCUT2D eigenvalue weighted by Crippen LogP contribution is 2.27. The van der Waals surface area contributed by atoms with Crippen LogP contribution in [0.4, 0.5) is 0 Å². The summed E-state index contributed by atoms with van der Waals surface area (Å²) in [4.78, 5) is 23.9. The number of hydrogen-bond acceptors (Lipinski definition) is 10. The first-order valence-electron chi connectivity index (χ1n) is 14.7. The summed E-state index contributed by atoms with van der Waals surface area (Å²) in [5.74, 6) is 1.51. The molecule has 1 N–H and O–H groups in total. The Morgan fingerprint density at radius 2 is 1.60 bits per heavy atom. The maximum Gasteiger partial charge on any atom is 0.313 e. The van der Waals surface area contributed by atoms with Crippen molar-refractivity contribution in [1.82, 2.24) is 15.0 Å². The van der Waals surface area contributed by atoms with Crippen molar-refractivity contribution in [2.45, 2.75) is 37.6 Å². The number of hydrogen-bond donors (Lipinski definition) is 1. The van der Waals surface area contributed by atoms with E-state index in [1.54, 1.807) is 34.4 Å². The molecule has 0 radical (unpaired) electrons. The quantitative estimate of drug-likeness (QED) is 0.179. The van der Waals surface area contributed by atoms with Gasteiger partial charge in [-0.15, -0.1) is 0 Å². The average molecular weight is 682 g/mol. The van der Waals surface area contributed by atoms with Crippen LogP contribution < -0.4 is 14.2 Å². The molecule has 5 rings (SSSR count). The second-order valence-electron chi connectivity index (χ2n) is 11.0. The van der Waals surface area contributed by atoms with E-state index < -0.39 is 32.5 Å². The minimum atomic E-state index is -3.13. The molecule has 3 aromatic carbocycles. The number of nitrogens with one attached hydrogen (secondary N) is 1. The van der Waals surface area contributed by atoms with Gasteiger partial charge in [-0.1, -0.05) is 24.3 Å². The van der Waals surface area contributed by atoms with Gasteiger partial charge >= 0.3 is 5.97 Å². The molecule has 13 heteroatoms. The van der Waals surface area contributed by atoms with Gasteiger partial charge < -0.3 is 23.9 Å². The van der Waals surface area contributed by atoms with Crippen LogP contribution in [0.1, 0.15) is 35.2 Å². The molecular weight excluding hydrogens is 643 g/mol. The summed E-state index contributed by atoms with van der Waals surface area (Å²) >= 11 is 0. The normalized spacial score (nSPS) is 12.6. The Kier molecular flexibility index (Phi) is 11.6. The number of carbonyl (C=O) groups is 1. The third-order valence-corrected chi connectivity index (χ3v) is 9.59. The molecule has 5 aromatic rings. The number of pyridine rings is 1. The maximum absolute atomic E-state index is 12.7. The lowest BCUT2D eigenvalue weighted by molar-refractivity contribution is -0.144. The van der Waals surface area contributed by atoms with Gasteiger partial charge in [0.1, 0.15) is 23.9 Å². The highest BCUT2D eigenvalue weighted by atomic mass is 32.2. The van der Waals surface area contributed by atoms with Gasteiger partial charge in [0.15, 0.2) is 15.0 Å². The first-order valence-corrected chi connectivity index (χ1v) is 18.0. The molecule has 11 nitrogen and oxygen atoms in total. The molecule has 0 saturated heterocycles. The van der Waals surface area contributed by atoms with Crippen LogP contribution in [-0.2, 0) is 35.9 Å². The Morgan fingerprint density at radius 1 is 0.936 bits per heavy atom. The van der Waals surface area contributed by atoms with Crippen molar-refractivity contribution in [3.05, 3.63) is 83.2 Å². The van der Waals surface area contributed by atoms with Crippen molar-refractivity contribution in [3.8, 4) is 17.2 Å². The zero-order valence-corrected chi connectivity index (χ0v) is 29.1. The van der Waals surface area contributed by atoms with Gasteiger partial charge in [0.05, 0.1) is 66.3 Å². The van der Waals surface area contributed by atoms with E-state index in [1.807, 2.05) is 68.4 Å². The monoisotopic (exact) mass is 681 g/mol. The summed E-state index contributed by atoms with van der Waals surface area (Å²) in [7, 11) is 0.387. The molecule has 2 atom stereocenters. The van der Waals surface area contributed by atoms with E-state index in [1.165, 1.54) is 0 Å². The molecule has 0 saturated carbocycles. The van der Waals surface area contributed by atoms with Crippen molar-refractivity contribution in [2.75, 3.05) is 39.9 Å². The van der Waals surface area contributed by atoms with Crippen LogP contribution in [0.5, 0.6) is 17.2 Å². The number of ether oxygens (including phenoxy) is 4. The van der Waals surface area contributed by atoms with Gasteiger partial charge in [-0.2, -0.15) is 0 Å². The van der Waals surface area contributed by atoms with E-state index in [0.717, 1.165) is 67.7 Å². The van der Waals surface area contributed by atoms with Crippen LogP contribution >= 0.6 is 0 Å². The number of nitrogens with zero attached hydrogens (tertiary/aromatic N) is 2. The maximum atomic E-state index is 12.7. The van der Waals surface area contributed by atoms with E-state index >= 15 is 0 Å². The zero-order chi connectivity index (χ0) is 34.3. The van der Waals surface area contributed by atoms with Crippen molar-refractivity contribution < 1.29 is 36.4 Å². The van der Waals surface area contributed by atoms with Gasteiger partial charge in [-0.25, -0.2) is 13.4 Å². The van der Waals surface area contributed by atoms with Crippen molar-refractivity contribution in [1.29, 1.82) is 0 Å². The second-order valence-corrected chi connectivity index (χ2v) is 14.6. The minimum Gasteiger partial charge on any atom is -0.497 e. The van der Waals surface area contributed by atoms with E-state index in [2.05, 4.69) is 15.0 Å². The molecule has 2 unspecified atom stereocenters. The molecule has 0 aliphatic carbocycles. The SMILES string of the molecule is COc1ccc2cc(C(C)C(=O)OCCS(C)(=O)=O)ccc2c1.COc1ccc2nc(S(=O)Cc3ncc(C)c(OC)c3C)[nH]c2c1. The standard InChI is InChI=1S/C17H19N3O3S.C17H20O5S/c1-10-8-18-15(11(2)16(10)23-4)9-24(21)17-19-13-6-5-12(22-3)7-14(13)20-17;1-12(17(18)22-8-9-23(3,19)20)13-4-5-15-11-16(21-2)7-6-14(15)10-13/h5-8H,9H2,1-4H3,(H,19,20);4-7,10-12H,8-9H2,1-3H3. The number of aromatic nitrogens is 3. The van der Waals surface area contributed by atoms with Crippen LogP contribution in [0.25, 0.3) is 21.8 Å². The molecule has 0 bridgehead atoms. The molecule has 0 fully saturated rings. The first-order chi connectivity index (χ1) is 22.3. The lowest BCUT2D eigenvalue weighted by Crippen LogP contribution is -2.18. The summed E-state index contributed by atoms with van der Waals surface area (Å²) in [6.45, 7) is 5.49. The van der Waals surface area contributed by atoms with Gasteiger partial charge in [0.2, 0.25) is 0 Å². The Bertz CT molecular complexity index is 2030. The molecule has 47 heavy (non-hydrogen) atoms. The minimum absolute atomic E-state index is 0.118. The second kappa shape index (κ2) is 15.4. The van der Waals surface area contributed by atoms with E-state index in [-0.39, 0.29) is 18.1 Å². The van der Waals surface area contributed by atoms with Crippen LogP contribution in [0.2, 0.25) is 0 Å². The molecular formula is C34H39N3O8S2. The number of esters is 1. The Morgan fingerprint density at radius 3 is 2.28 bits per heavy atom. The van der Waals surface area contributed by atoms with E-state index in [9.17, 15) is 17.4 Å². The summed E-state index contributed by atoms with van der Waals surface area (Å²) < 4.78 is 55.6. The average Bonchev–Trinajstić information content (AvgIpc) is 3.49. The number of carbonyl (C=O) groups excluding carboxylic acids is 1. The van der Waals surface area contributed by atoms with E-state index in [4.69, 9.17) is 18.9 Å². The van der Waals surface area contributed by atoms with Crippen molar-refractivity contribution >= 4 is 48.4 Å². The molecule has 0 spiro atoms. The van der Waals surface area contributed by atoms with E-state index in [0.29, 0.717) is 5.16 Å². The van der Waals surface area contributed by atoms with Gasteiger partial charge in [0, 0.05) is 29.6 Å². The zero-order valence-electron chi connectivity index (χ0n) is 27.4. The fraction of sp³-hybridized carbons (Fsp3) is 0.324. The van der Waals surface area contributed by atoms with Crippen LogP contribution in [0.3, 0.4) is 0 Å². The molecule has 0 aliphatic rings. The summed E-state index contributed by atoms with van der Waals surface area (Å²) in [5, 5.41) is 2.45. The fourth-order valence-corrected chi connectivity index (χ4v) is 6.29. The topological polar surface area (TPSA) is 147 Å². The van der Waals surface area contributed by atoms with Crippen LogP contribution in [0.15, 0.2) is 66.0 Å². The number of aryl methyl sites for hydroxylation is 1. The first kappa shape index (κ1) is 35.4. The Labute approximate surface area is 277 Å². The Balaban J connectivity index is 0.000000213. The number of imidazole rings is 1. The number of methoxy groups -OCH3 is 3. The molecule has 0 aliphatic heterocycles. The number of H-pyrrole nitrogens is 1. The summed E-state index contributed by atoms with van der Waals surface area (Å²) in [6, 6.07) is 16.9. The lowest BCUT2D eigenvalue weighted by atomic mass is 9.98. The highest BCUT2D eigenvalue weighted by molar-refractivity contribution is 7.90. The fourth-order valence-electron chi connectivity index (χ4n) is 4.80. The summed E-state index contributed by atoms with van der Waals surface area (Å²) in [5.41, 5.74) is 4.99. The molecule has 0 amide bonds. The smallest absolute Gasteiger partial charge is 0.313 e. The predicted octanol–water partition coefficient (Wildman–Crippen LogP) is 5.44. The van der Waals surface area contributed by atoms with Crippen LogP contribution in [0, 0.1) is 13.8 Å². The Hall–Kier alpha value is -4.49. The largest absolute Gasteiger partial charge is 0.497 e. The lowest BCUT2D eigenvalue weighted by Gasteiger charge is -2.13. The van der Waals surface area contributed by atoms with Gasteiger partial charge in [0.25, 0.3) is 0 Å². The third kappa shape index (κ3) is 9.07.